The quantitative estimate of drug-likeness (QED) is 0.328. The van der Waals surface area contributed by atoms with Gasteiger partial charge < -0.3 is 24.7 Å². The monoisotopic (exact) mass is 312 g/mol. The van der Waals surface area contributed by atoms with E-state index in [1.165, 1.54) is 0 Å². The Bertz CT molecular complexity index is 61.0. The number of hydrogen-bond donors (Lipinski definition) is 0. The second kappa shape index (κ2) is 25.3. The number of rotatable bonds is 0. The van der Waals surface area contributed by atoms with Crippen molar-refractivity contribution in [3.05, 3.63) is 0 Å². The molecule has 0 aliphatic carbocycles. The first-order chi connectivity index (χ1) is 2.00. The van der Waals surface area contributed by atoms with Gasteiger partial charge in [-0.3, -0.25) is 0 Å². The molecule has 0 fully saturated rings. The summed E-state index contributed by atoms with van der Waals surface area (Å²) in [7, 11) is -5.39. The van der Waals surface area contributed by atoms with Crippen molar-refractivity contribution in [2.75, 3.05) is 0 Å². The molecule has 0 saturated heterocycles. The van der Waals surface area contributed by atoms with E-state index in [2.05, 4.69) is 0 Å². The van der Waals surface area contributed by atoms with Gasteiger partial charge >= 0.3 is 189 Å². The topological polar surface area (TPSA) is 116 Å². The molecule has 5 nitrogen and oxygen atoms in total. The molecule has 40 valence electrons. The summed E-state index contributed by atoms with van der Waals surface area (Å²) in [6, 6.07) is 0. The Balaban J connectivity index is -0.00000000533. The van der Waals surface area contributed by atoms with Gasteiger partial charge in [-0.25, -0.2) is 0 Å². The van der Waals surface area contributed by atoms with Gasteiger partial charge in [-0.1, -0.05) is 0 Å². The summed E-state index contributed by atoms with van der Waals surface area (Å²) in [5.41, 5.74) is 0. The molecule has 0 aliphatic heterocycles. The minimum atomic E-state index is -5.39. The van der Waals surface area contributed by atoms with Crippen LogP contribution < -0.4 is 14.7 Å². The zero-order valence-electron chi connectivity index (χ0n) is 6.06. The minimum Gasteiger partial charge on any atom is -0.870 e. The average molecular weight is 312 g/mol. The van der Waals surface area contributed by atoms with Crippen LogP contribution in [0.3, 0.4) is 0 Å². The summed E-state index contributed by atoms with van der Waals surface area (Å²) >= 11 is 0. The van der Waals surface area contributed by atoms with E-state index in [1.54, 1.807) is 0 Å². The molecule has 0 bridgehead atoms. The molecule has 0 unspecified atom stereocenters. The molecule has 0 radical (unpaired) electrons. The van der Waals surface area contributed by atoms with Crippen molar-refractivity contribution in [2.45, 2.75) is 0 Å². The second-order valence-electron chi connectivity index (χ2n) is 0.447. The molecule has 0 aromatic carbocycles. The van der Waals surface area contributed by atoms with E-state index < -0.39 is 7.82 Å². The molecule has 0 spiro atoms. The van der Waals surface area contributed by atoms with E-state index >= 15 is 0 Å². The molecule has 0 amide bonds. The number of hydrogen-bond acceptors (Lipinski definition) is 5. The van der Waals surface area contributed by atoms with Gasteiger partial charge in [0.25, 0.3) is 0 Å². The first-order valence-electron chi connectivity index (χ1n) is 0.730. The fourth-order valence-electron chi connectivity index (χ4n) is 0. The van der Waals surface area contributed by atoms with Gasteiger partial charge in [0.15, 0.2) is 0 Å². The van der Waals surface area contributed by atoms with Crippen molar-refractivity contribution in [3.63, 3.8) is 0 Å². The zero-order chi connectivity index (χ0) is 4.50. The van der Waals surface area contributed by atoms with Crippen LogP contribution in [0.4, 0.5) is 0 Å². The van der Waals surface area contributed by atoms with Gasteiger partial charge in [-0.2, -0.15) is 7.82 Å². The SMILES string of the molecule is O=P([O-])([O-])[O-].[Ca+2].[Ca+2].[Ca+2].[Ca+2].[Ca+2].[OH-]. The van der Waals surface area contributed by atoms with Crippen LogP contribution in [0.25, 0.3) is 0 Å². The van der Waals surface area contributed by atoms with Gasteiger partial charge in [0.2, 0.25) is 0 Å². The summed E-state index contributed by atoms with van der Waals surface area (Å²) in [4.78, 5) is 25.6. The molecule has 0 atom stereocenters. The third kappa shape index (κ3) is 83.3. The first-order valence-corrected chi connectivity index (χ1v) is 2.19. The molecule has 1 N–H and O–H groups in total. The fraction of sp³-hybridized carbons (Fsp3) is 0. The predicted octanol–water partition coefficient (Wildman–Crippen LogP) is -4.91. The third-order valence-electron chi connectivity index (χ3n) is 0. The Morgan fingerprint density at radius 2 is 0.727 bits per heavy atom. The third-order valence-corrected chi connectivity index (χ3v) is 0. The van der Waals surface area contributed by atoms with Gasteiger partial charge in [0.05, 0.1) is 0 Å². The van der Waals surface area contributed by atoms with Crippen LogP contribution in [0.15, 0.2) is 0 Å². The van der Waals surface area contributed by atoms with Crippen molar-refractivity contribution in [3.8, 4) is 0 Å². The van der Waals surface area contributed by atoms with Gasteiger partial charge in [0.1, 0.15) is 0 Å². The van der Waals surface area contributed by atoms with Gasteiger partial charge in [-0.15, -0.1) is 0 Å². The Kier molecular flexibility index (Phi) is 99.4. The van der Waals surface area contributed by atoms with Gasteiger partial charge in [-0.05, 0) is 0 Å². The molecular formula is HCa5O5P+6. The molecule has 0 aromatic rings. The van der Waals surface area contributed by atoms with E-state index in [-0.39, 0.29) is 194 Å². The van der Waals surface area contributed by atoms with E-state index in [9.17, 15) is 0 Å². The maximum atomic E-state index is 8.55. The van der Waals surface area contributed by atoms with Crippen LogP contribution in [-0.2, 0) is 4.57 Å². The maximum Gasteiger partial charge on any atom is 2.00 e. The normalized spacial score (nSPS) is 5.36. The fourth-order valence-corrected chi connectivity index (χ4v) is 0. The van der Waals surface area contributed by atoms with Gasteiger partial charge in [0, 0.05) is 0 Å². The van der Waals surface area contributed by atoms with Crippen LogP contribution >= 0.6 is 7.82 Å². The summed E-state index contributed by atoms with van der Waals surface area (Å²) in [6.07, 6.45) is 0. The molecule has 0 aliphatic rings. The van der Waals surface area contributed by atoms with E-state index in [1.807, 2.05) is 0 Å². The summed E-state index contributed by atoms with van der Waals surface area (Å²) in [5.74, 6) is 0. The molecule has 0 aromatic heterocycles. The molecule has 0 saturated carbocycles. The summed E-state index contributed by atoms with van der Waals surface area (Å²) in [5, 5.41) is 0. The summed E-state index contributed by atoms with van der Waals surface area (Å²) < 4.78 is 8.55. The smallest absolute Gasteiger partial charge is 0.870 e. The van der Waals surface area contributed by atoms with Crippen LogP contribution in [-0.4, -0.2) is 194 Å². The van der Waals surface area contributed by atoms with Crippen molar-refractivity contribution >= 4 is 197 Å². The van der Waals surface area contributed by atoms with Crippen molar-refractivity contribution < 1.29 is 24.7 Å². The Morgan fingerprint density at radius 1 is 0.727 bits per heavy atom. The van der Waals surface area contributed by atoms with Crippen LogP contribution in [0.1, 0.15) is 0 Å². The number of phosphoric acid groups is 1. The van der Waals surface area contributed by atoms with Crippen molar-refractivity contribution in [2.24, 2.45) is 0 Å². The maximum absolute atomic E-state index is 8.55. The molecule has 11 heteroatoms. The van der Waals surface area contributed by atoms with E-state index in [0.29, 0.717) is 0 Å². The summed E-state index contributed by atoms with van der Waals surface area (Å²) in [6.45, 7) is 0. The van der Waals surface area contributed by atoms with Crippen LogP contribution in [0, 0.1) is 0 Å². The van der Waals surface area contributed by atoms with E-state index in [4.69, 9.17) is 19.2 Å². The second-order valence-corrected chi connectivity index (χ2v) is 1.34. The first kappa shape index (κ1) is 43.3. The average Bonchev–Trinajstić information content (AvgIpc) is 0.722. The van der Waals surface area contributed by atoms with Crippen molar-refractivity contribution in [1.82, 2.24) is 0 Å². The van der Waals surface area contributed by atoms with Crippen LogP contribution in [0.2, 0.25) is 0 Å². The van der Waals surface area contributed by atoms with Crippen LogP contribution in [0.5, 0.6) is 0 Å². The minimum absolute atomic E-state index is 0. The standard InChI is InChI=1S/5Ca.H3O4P.H2O/c;;;;;1-5(2,3)4;/h;;;;;(H3,1,2,3,4);1H2/q5*+2;;/p-4. The van der Waals surface area contributed by atoms with E-state index in [0.717, 1.165) is 0 Å². The zero-order valence-corrected chi connectivity index (χ0v) is 18.0. The molecule has 11 heavy (non-hydrogen) atoms. The Labute approximate surface area is 214 Å². The molecule has 0 rings (SSSR count). The van der Waals surface area contributed by atoms with Crippen molar-refractivity contribution in [1.29, 1.82) is 0 Å². The largest absolute Gasteiger partial charge is 2.00 e. The molecule has 0 heterocycles. The Hall–Kier alpha value is 6.37. The molecular weight excluding hydrogens is 311 g/mol. The Morgan fingerprint density at radius 3 is 0.727 bits per heavy atom. The predicted molar refractivity (Wildman–Crippen MR) is 38.3 cm³/mol.